The van der Waals surface area contributed by atoms with Crippen LogP contribution in [0.2, 0.25) is 0 Å². The topological polar surface area (TPSA) is 76.5 Å². The third-order valence-electron chi connectivity index (χ3n) is 5.88. The molecule has 0 radical (unpaired) electrons. The highest BCUT2D eigenvalue weighted by molar-refractivity contribution is 6.00. The summed E-state index contributed by atoms with van der Waals surface area (Å²) in [6.07, 6.45) is 5.33. The summed E-state index contributed by atoms with van der Waals surface area (Å²) in [6, 6.07) is 15.2. The van der Waals surface area contributed by atoms with Crippen LogP contribution in [0.15, 0.2) is 60.9 Å². The van der Waals surface area contributed by atoms with Crippen LogP contribution >= 0.6 is 0 Å². The van der Waals surface area contributed by atoms with Crippen molar-refractivity contribution in [2.45, 2.75) is 31.8 Å². The van der Waals surface area contributed by atoms with E-state index in [0.29, 0.717) is 37.9 Å². The lowest BCUT2D eigenvalue weighted by molar-refractivity contribution is -0.131. The van der Waals surface area contributed by atoms with E-state index < -0.39 is 0 Å². The van der Waals surface area contributed by atoms with Crippen LogP contribution in [0, 0.1) is 0 Å². The van der Waals surface area contributed by atoms with Crippen molar-refractivity contribution in [3.8, 4) is 17.1 Å². The average molecular weight is 433 g/mol. The second-order valence-electron chi connectivity index (χ2n) is 8.07. The first-order chi connectivity index (χ1) is 15.5. The fraction of sp³-hybridized carbons (Fsp3) is 0.320. The number of benzene rings is 2. The molecule has 2 heterocycles. The van der Waals surface area contributed by atoms with Crippen molar-refractivity contribution in [3.05, 3.63) is 72.1 Å². The van der Waals surface area contributed by atoms with Gasteiger partial charge in [-0.3, -0.25) is 9.59 Å². The number of nitrogens with zero attached hydrogens (tertiary/aromatic N) is 3. The smallest absolute Gasteiger partial charge is 0.252 e. The molecule has 2 amide bonds. The molecule has 1 N–H and O–H groups in total. The molecule has 4 rings (SSSR count). The maximum absolute atomic E-state index is 13.1. The first-order valence-electron chi connectivity index (χ1n) is 10.8. The first kappa shape index (κ1) is 21.6. The fourth-order valence-corrected chi connectivity index (χ4v) is 4.10. The molecule has 0 spiro atoms. The standard InChI is InChI=1S/C25H28N4O3/c1-28-15-13-26-24(28)21-8-3-4-9-22(21)25(31)27-19-10-11-23(30)29(14-12-19)17-18-6-5-7-20(16-18)32-2/h3-9,13,15-16,19H,10-12,14,17H2,1-2H3,(H,27,31). The van der Waals surface area contributed by atoms with E-state index in [0.717, 1.165) is 22.7 Å². The lowest BCUT2D eigenvalue weighted by Crippen LogP contribution is -2.36. The lowest BCUT2D eigenvalue weighted by Gasteiger charge is -2.21. The van der Waals surface area contributed by atoms with Gasteiger partial charge >= 0.3 is 0 Å². The van der Waals surface area contributed by atoms with Crippen molar-refractivity contribution in [3.63, 3.8) is 0 Å². The summed E-state index contributed by atoms with van der Waals surface area (Å²) < 4.78 is 7.18. The quantitative estimate of drug-likeness (QED) is 0.648. The molecule has 2 aromatic carbocycles. The highest BCUT2D eigenvalue weighted by atomic mass is 16.5. The fourth-order valence-electron chi connectivity index (χ4n) is 4.10. The number of hydrogen-bond donors (Lipinski definition) is 1. The minimum absolute atomic E-state index is 0.0591. The van der Waals surface area contributed by atoms with Gasteiger partial charge in [0.1, 0.15) is 11.6 Å². The predicted octanol–water partition coefficient (Wildman–Crippen LogP) is 3.41. The molecule has 7 nitrogen and oxygen atoms in total. The molecule has 32 heavy (non-hydrogen) atoms. The molecule has 0 bridgehead atoms. The number of methoxy groups -OCH3 is 1. The molecule has 1 aliphatic rings. The van der Waals surface area contributed by atoms with Gasteiger partial charge in [0.15, 0.2) is 0 Å². The van der Waals surface area contributed by atoms with Crippen LogP contribution in [0.1, 0.15) is 35.2 Å². The zero-order valence-corrected chi connectivity index (χ0v) is 18.5. The number of nitrogens with one attached hydrogen (secondary N) is 1. The Bertz CT molecular complexity index is 1110. The summed E-state index contributed by atoms with van der Waals surface area (Å²) in [4.78, 5) is 32.1. The van der Waals surface area contributed by atoms with Crippen molar-refractivity contribution in [2.75, 3.05) is 13.7 Å². The number of carbonyl (C=O) groups excluding carboxylic acids is 2. The Morgan fingerprint density at radius 2 is 2.03 bits per heavy atom. The number of imidazole rings is 1. The minimum Gasteiger partial charge on any atom is -0.497 e. The monoisotopic (exact) mass is 432 g/mol. The second-order valence-corrected chi connectivity index (χ2v) is 8.07. The molecule has 1 unspecified atom stereocenters. The average Bonchev–Trinajstić information content (AvgIpc) is 3.17. The summed E-state index contributed by atoms with van der Waals surface area (Å²) in [5.41, 5.74) is 2.41. The van der Waals surface area contributed by atoms with Gasteiger partial charge in [-0.2, -0.15) is 0 Å². The summed E-state index contributed by atoms with van der Waals surface area (Å²) in [6.45, 7) is 1.14. The molecule has 166 valence electrons. The minimum atomic E-state index is -0.137. The van der Waals surface area contributed by atoms with Gasteiger partial charge in [-0.25, -0.2) is 4.98 Å². The number of ether oxygens (including phenoxy) is 1. The van der Waals surface area contributed by atoms with Crippen LogP contribution in [0.25, 0.3) is 11.4 Å². The van der Waals surface area contributed by atoms with Crippen LogP contribution in [-0.2, 0) is 18.4 Å². The van der Waals surface area contributed by atoms with Gasteiger partial charge in [0, 0.05) is 50.6 Å². The Hall–Kier alpha value is -3.61. The van der Waals surface area contributed by atoms with E-state index in [1.807, 2.05) is 71.2 Å². The van der Waals surface area contributed by atoms with Crippen LogP contribution in [-0.4, -0.2) is 46.0 Å². The van der Waals surface area contributed by atoms with Gasteiger partial charge in [0.05, 0.1) is 12.7 Å². The Kier molecular flexibility index (Phi) is 6.54. The van der Waals surface area contributed by atoms with Crippen LogP contribution < -0.4 is 10.1 Å². The molecule has 1 saturated heterocycles. The normalized spacial score (nSPS) is 16.5. The Labute approximate surface area is 188 Å². The van der Waals surface area contributed by atoms with Crippen molar-refractivity contribution in [1.82, 2.24) is 19.8 Å². The Morgan fingerprint density at radius 3 is 2.81 bits per heavy atom. The van der Waals surface area contributed by atoms with E-state index in [9.17, 15) is 9.59 Å². The summed E-state index contributed by atoms with van der Waals surface area (Å²) in [7, 11) is 3.54. The van der Waals surface area contributed by atoms with Gasteiger partial charge in [-0.15, -0.1) is 0 Å². The molecule has 7 heteroatoms. The molecule has 0 aliphatic carbocycles. The zero-order valence-electron chi connectivity index (χ0n) is 18.5. The number of aryl methyl sites for hydroxylation is 1. The highest BCUT2D eigenvalue weighted by Crippen LogP contribution is 2.23. The van der Waals surface area contributed by atoms with E-state index >= 15 is 0 Å². The number of amides is 2. The number of likely N-dealkylation sites (tertiary alicyclic amines) is 1. The van der Waals surface area contributed by atoms with Crippen LogP contribution in [0.5, 0.6) is 5.75 Å². The van der Waals surface area contributed by atoms with Crippen LogP contribution in [0.3, 0.4) is 0 Å². The summed E-state index contributed by atoms with van der Waals surface area (Å²) >= 11 is 0. The molecule has 1 aliphatic heterocycles. The second kappa shape index (κ2) is 9.68. The first-order valence-corrected chi connectivity index (χ1v) is 10.8. The van der Waals surface area contributed by atoms with Gasteiger partial charge in [0.25, 0.3) is 5.91 Å². The summed E-state index contributed by atoms with van der Waals surface area (Å²) in [5.74, 6) is 1.50. The molecule has 1 aromatic heterocycles. The number of rotatable bonds is 6. The maximum Gasteiger partial charge on any atom is 0.252 e. The van der Waals surface area contributed by atoms with E-state index in [2.05, 4.69) is 10.3 Å². The Balaban J connectivity index is 1.43. The van der Waals surface area contributed by atoms with Gasteiger partial charge in [-0.1, -0.05) is 30.3 Å². The van der Waals surface area contributed by atoms with E-state index in [-0.39, 0.29) is 17.9 Å². The zero-order chi connectivity index (χ0) is 22.5. The molecular weight excluding hydrogens is 404 g/mol. The maximum atomic E-state index is 13.1. The van der Waals surface area contributed by atoms with Crippen molar-refractivity contribution in [2.24, 2.45) is 7.05 Å². The highest BCUT2D eigenvalue weighted by Gasteiger charge is 2.25. The summed E-state index contributed by atoms with van der Waals surface area (Å²) in [5, 5.41) is 3.15. The Morgan fingerprint density at radius 1 is 1.19 bits per heavy atom. The third-order valence-corrected chi connectivity index (χ3v) is 5.88. The number of aromatic nitrogens is 2. The molecule has 0 saturated carbocycles. The van der Waals surface area contributed by atoms with Crippen molar-refractivity contribution < 1.29 is 14.3 Å². The largest absolute Gasteiger partial charge is 0.497 e. The SMILES string of the molecule is COc1cccc(CN2CCC(NC(=O)c3ccccc3-c3nccn3C)CCC2=O)c1. The lowest BCUT2D eigenvalue weighted by atomic mass is 10.0. The van der Waals surface area contributed by atoms with E-state index in [1.165, 1.54) is 0 Å². The van der Waals surface area contributed by atoms with Crippen molar-refractivity contribution >= 4 is 11.8 Å². The third kappa shape index (κ3) is 4.82. The van der Waals surface area contributed by atoms with E-state index in [4.69, 9.17) is 4.74 Å². The van der Waals surface area contributed by atoms with Crippen molar-refractivity contribution in [1.29, 1.82) is 0 Å². The van der Waals surface area contributed by atoms with E-state index in [1.54, 1.807) is 13.3 Å². The van der Waals surface area contributed by atoms with Gasteiger partial charge in [0.2, 0.25) is 5.91 Å². The molecular formula is C25H28N4O3. The number of carbonyl (C=O) groups is 2. The van der Waals surface area contributed by atoms with Gasteiger partial charge in [-0.05, 0) is 36.6 Å². The van der Waals surface area contributed by atoms with Gasteiger partial charge < -0.3 is 19.5 Å². The number of hydrogen-bond acceptors (Lipinski definition) is 4. The van der Waals surface area contributed by atoms with Crippen LogP contribution in [0.4, 0.5) is 0 Å². The predicted molar refractivity (Wildman–Crippen MR) is 122 cm³/mol. The molecule has 3 aromatic rings. The molecule has 1 atom stereocenters. The molecule has 1 fully saturated rings.